The number of rotatable bonds is 3. The van der Waals surface area contributed by atoms with E-state index in [0.717, 1.165) is 5.56 Å². The van der Waals surface area contributed by atoms with Gasteiger partial charge in [-0.3, -0.25) is 0 Å². The molecule has 0 aliphatic carbocycles. The largest absolute Gasteiger partial charge is 0.455 e. The second kappa shape index (κ2) is 5.40. The second-order valence-corrected chi connectivity index (χ2v) is 6.12. The van der Waals surface area contributed by atoms with Crippen LogP contribution < -0.4 is 9.88 Å². The summed E-state index contributed by atoms with van der Waals surface area (Å²) in [5.41, 5.74) is 0.720. The van der Waals surface area contributed by atoms with Crippen LogP contribution in [0.4, 0.5) is 4.39 Å². The van der Waals surface area contributed by atoms with Crippen LogP contribution in [0, 0.1) is 12.7 Å². The summed E-state index contributed by atoms with van der Waals surface area (Å²) in [6.45, 7) is 1.75. The molecule has 106 valence electrons. The third kappa shape index (κ3) is 3.27. The predicted octanol–water partition coefficient (Wildman–Crippen LogP) is 3.23. The maximum Gasteiger partial charge on any atom is 0.238 e. The highest BCUT2D eigenvalue weighted by Gasteiger charge is 2.12. The molecule has 4 nitrogen and oxygen atoms in total. The molecule has 0 radical (unpaired) electrons. The van der Waals surface area contributed by atoms with Gasteiger partial charge in [-0.15, -0.1) is 0 Å². The molecule has 2 rings (SSSR count). The van der Waals surface area contributed by atoms with Crippen molar-refractivity contribution in [1.29, 1.82) is 0 Å². The van der Waals surface area contributed by atoms with E-state index in [4.69, 9.17) is 21.5 Å². The van der Waals surface area contributed by atoms with E-state index in [1.165, 1.54) is 30.3 Å². The van der Waals surface area contributed by atoms with Crippen molar-refractivity contribution in [2.24, 2.45) is 5.14 Å². The van der Waals surface area contributed by atoms with Crippen LogP contribution in [0.25, 0.3) is 0 Å². The van der Waals surface area contributed by atoms with Crippen LogP contribution in [0.2, 0.25) is 5.02 Å². The van der Waals surface area contributed by atoms with Gasteiger partial charge in [0.1, 0.15) is 17.3 Å². The molecule has 0 fully saturated rings. The number of ether oxygens (including phenoxy) is 1. The zero-order valence-corrected chi connectivity index (χ0v) is 12.0. The number of hydrogen-bond acceptors (Lipinski definition) is 3. The highest BCUT2D eigenvalue weighted by atomic mass is 35.5. The van der Waals surface area contributed by atoms with E-state index in [1.54, 1.807) is 13.0 Å². The van der Waals surface area contributed by atoms with E-state index in [9.17, 15) is 12.8 Å². The lowest BCUT2D eigenvalue weighted by Gasteiger charge is -2.11. The van der Waals surface area contributed by atoms with Crippen molar-refractivity contribution < 1.29 is 17.5 Å². The third-order valence-corrected chi connectivity index (χ3v) is 3.81. The Morgan fingerprint density at radius 3 is 2.45 bits per heavy atom. The van der Waals surface area contributed by atoms with E-state index in [1.807, 2.05) is 0 Å². The Balaban J connectivity index is 2.38. The number of sulfonamides is 1. The Labute approximate surface area is 121 Å². The molecule has 2 aromatic rings. The van der Waals surface area contributed by atoms with Crippen molar-refractivity contribution in [3.63, 3.8) is 0 Å². The maximum absolute atomic E-state index is 13.2. The van der Waals surface area contributed by atoms with Gasteiger partial charge < -0.3 is 4.74 Å². The minimum absolute atomic E-state index is 0.0696. The fourth-order valence-corrected chi connectivity index (χ4v) is 2.37. The molecule has 2 aromatic carbocycles. The van der Waals surface area contributed by atoms with Gasteiger partial charge >= 0.3 is 0 Å². The summed E-state index contributed by atoms with van der Waals surface area (Å²) in [5, 5.41) is 5.07. The van der Waals surface area contributed by atoms with Gasteiger partial charge in [0.05, 0.1) is 9.92 Å². The fraction of sp³-hybridized carbons (Fsp3) is 0.0769. The summed E-state index contributed by atoms with van der Waals surface area (Å²) in [7, 11) is -3.83. The molecule has 0 unspecified atom stereocenters. The standard InChI is InChI=1S/C13H11ClFNO3S/c1-8-2-3-9(15)6-13(8)19-12-5-4-10(7-11(12)14)20(16,17)18/h2-7H,1H3,(H2,16,17,18). The molecular weight excluding hydrogens is 305 g/mol. The zero-order valence-electron chi connectivity index (χ0n) is 10.4. The molecule has 0 saturated carbocycles. The normalized spacial score (nSPS) is 11.4. The van der Waals surface area contributed by atoms with Crippen LogP contribution >= 0.6 is 11.6 Å². The van der Waals surface area contributed by atoms with Crippen molar-refractivity contribution in [1.82, 2.24) is 0 Å². The summed E-state index contributed by atoms with van der Waals surface area (Å²) in [4.78, 5) is -0.120. The van der Waals surface area contributed by atoms with Crippen LogP contribution in [-0.4, -0.2) is 8.42 Å². The number of nitrogens with two attached hydrogens (primary N) is 1. The quantitative estimate of drug-likeness (QED) is 0.945. The molecule has 20 heavy (non-hydrogen) atoms. The highest BCUT2D eigenvalue weighted by molar-refractivity contribution is 7.89. The van der Waals surface area contributed by atoms with Crippen molar-refractivity contribution in [3.05, 3.63) is 52.8 Å². The Morgan fingerprint density at radius 2 is 1.85 bits per heavy atom. The highest BCUT2D eigenvalue weighted by Crippen LogP contribution is 2.32. The first kappa shape index (κ1) is 14.8. The lowest BCUT2D eigenvalue weighted by atomic mass is 10.2. The van der Waals surface area contributed by atoms with Crippen LogP contribution in [0.15, 0.2) is 41.3 Å². The Morgan fingerprint density at radius 1 is 1.15 bits per heavy atom. The topological polar surface area (TPSA) is 69.4 Å². The van der Waals surface area contributed by atoms with Crippen molar-refractivity contribution in [3.8, 4) is 11.5 Å². The number of aryl methyl sites for hydroxylation is 1. The monoisotopic (exact) mass is 315 g/mol. The third-order valence-electron chi connectivity index (χ3n) is 2.60. The van der Waals surface area contributed by atoms with Crippen LogP contribution in [0.3, 0.4) is 0 Å². The van der Waals surface area contributed by atoms with Gasteiger partial charge in [-0.05, 0) is 36.8 Å². The van der Waals surface area contributed by atoms with Crippen LogP contribution in [0.1, 0.15) is 5.56 Å². The molecular formula is C13H11ClFNO3S. The lowest BCUT2D eigenvalue weighted by Crippen LogP contribution is -2.11. The lowest BCUT2D eigenvalue weighted by molar-refractivity contribution is 0.472. The van der Waals surface area contributed by atoms with Gasteiger partial charge in [0.25, 0.3) is 0 Å². The number of halogens is 2. The maximum atomic E-state index is 13.2. The van der Waals surface area contributed by atoms with Crippen LogP contribution in [0.5, 0.6) is 11.5 Å². The zero-order chi connectivity index (χ0) is 14.9. The number of benzene rings is 2. The molecule has 0 bridgehead atoms. The first-order valence-electron chi connectivity index (χ1n) is 5.54. The minimum Gasteiger partial charge on any atom is -0.455 e. The van der Waals surface area contributed by atoms with E-state index in [0.29, 0.717) is 5.75 Å². The summed E-state index contributed by atoms with van der Waals surface area (Å²) < 4.78 is 41.0. The molecule has 0 aliphatic heterocycles. The second-order valence-electron chi connectivity index (χ2n) is 4.15. The smallest absolute Gasteiger partial charge is 0.238 e. The molecule has 0 atom stereocenters. The van der Waals surface area contributed by atoms with Gasteiger partial charge in [0, 0.05) is 6.07 Å². The SMILES string of the molecule is Cc1ccc(F)cc1Oc1ccc(S(N)(=O)=O)cc1Cl. The first-order valence-corrected chi connectivity index (χ1v) is 7.46. The molecule has 7 heteroatoms. The van der Waals surface area contributed by atoms with Gasteiger partial charge in [0.15, 0.2) is 0 Å². The summed E-state index contributed by atoms with van der Waals surface area (Å²) in [6.07, 6.45) is 0. The van der Waals surface area contributed by atoms with Crippen LogP contribution in [-0.2, 0) is 10.0 Å². The van der Waals surface area contributed by atoms with Crippen molar-refractivity contribution in [2.75, 3.05) is 0 Å². The summed E-state index contributed by atoms with van der Waals surface area (Å²) >= 11 is 5.94. The van der Waals surface area contributed by atoms with Crippen molar-refractivity contribution in [2.45, 2.75) is 11.8 Å². The summed E-state index contributed by atoms with van der Waals surface area (Å²) in [6, 6.07) is 7.92. The van der Waals surface area contributed by atoms with Crippen molar-refractivity contribution >= 4 is 21.6 Å². The van der Waals surface area contributed by atoms with E-state index >= 15 is 0 Å². The van der Waals surface area contributed by atoms with Gasteiger partial charge in [0.2, 0.25) is 10.0 Å². The number of hydrogen-bond donors (Lipinski definition) is 1. The molecule has 0 amide bonds. The molecule has 0 aliphatic rings. The average Bonchev–Trinajstić information content (AvgIpc) is 2.35. The fourth-order valence-electron chi connectivity index (χ4n) is 1.54. The van der Waals surface area contributed by atoms with E-state index in [2.05, 4.69) is 0 Å². The van der Waals surface area contributed by atoms with E-state index in [-0.39, 0.29) is 15.7 Å². The Bertz CT molecular complexity index is 762. The molecule has 0 saturated heterocycles. The minimum atomic E-state index is -3.83. The first-order chi connectivity index (χ1) is 9.27. The number of primary sulfonamides is 1. The van der Waals surface area contributed by atoms with Gasteiger partial charge in [-0.1, -0.05) is 17.7 Å². The molecule has 2 N–H and O–H groups in total. The molecule has 0 heterocycles. The Kier molecular flexibility index (Phi) is 3.99. The van der Waals surface area contributed by atoms with E-state index < -0.39 is 15.8 Å². The Hall–Kier alpha value is -1.63. The van der Waals surface area contributed by atoms with Gasteiger partial charge in [-0.2, -0.15) is 0 Å². The van der Waals surface area contributed by atoms with Gasteiger partial charge in [-0.25, -0.2) is 17.9 Å². The average molecular weight is 316 g/mol. The predicted molar refractivity (Wildman–Crippen MR) is 74.0 cm³/mol. The summed E-state index contributed by atoms with van der Waals surface area (Å²) in [5.74, 6) is 0.0749. The molecule has 0 spiro atoms. The molecule has 0 aromatic heterocycles.